The quantitative estimate of drug-likeness (QED) is 0.245. The predicted molar refractivity (Wildman–Crippen MR) is 135 cm³/mol. The molecule has 0 spiro atoms. The number of nitrogens with zero attached hydrogens (tertiary/aromatic N) is 1. The van der Waals surface area contributed by atoms with Crippen molar-refractivity contribution in [1.82, 2.24) is 16.0 Å². The van der Waals surface area contributed by atoms with Gasteiger partial charge in [-0.2, -0.15) is 0 Å². The second kappa shape index (κ2) is 14.5. The minimum absolute atomic E-state index is 0. The molecular weight excluding hydrogens is 507 g/mol. The van der Waals surface area contributed by atoms with Crippen LogP contribution in [0, 0.1) is 6.92 Å². The maximum atomic E-state index is 11.6. The highest BCUT2D eigenvalue weighted by Gasteiger charge is 2.06. The number of guanidine groups is 1. The van der Waals surface area contributed by atoms with E-state index in [1.165, 1.54) is 0 Å². The summed E-state index contributed by atoms with van der Waals surface area (Å²) in [5.41, 5.74) is 3.22. The third-order valence-corrected chi connectivity index (χ3v) is 4.30. The van der Waals surface area contributed by atoms with E-state index in [0.717, 1.165) is 29.0 Å². The topological polar surface area (TPSA) is 84.0 Å². The van der Waals surface area contributed by atoms with Crippen molar-refractivity contribution in [3.63, 3.8) is 0 Å². The van der Waals surface area contributed by atoms with Crippen molar-refractivity contribution < 1.29 is 14.3 Å². The first-order chi connectivity index (χ1) is 14.5. The number of benzene rings is 2. The smallest absolute Gasteiger partial charge is 0.257 e. The van der Waals surface area contributed by atoms with Gasteiger partial charge in [-0.25, -0.2) is 4.99 Å². The lowest BCUT2D eigenvalue weighted by atomic mass is 10.1. The average molecular weight is 540 g/mol. The molecule has 0 bridgehead atoms. The van der Waals surface area contributed by atoms with Gasteiger partial charge in [-0.1, -0.05) is 24.3 Å². The molecular formula is C23H33IN4O3. The molecule has 0 saturated carbocycles. The van der Waals surface area contributed by atoms with Crippen LogP contribution < -0.4 is 25.4 Å². The molecule has 8 heteroatoms. The van der Waals surface area contributed by atoms with Gasteiger partial charge in [0, 0.05) is 25.2 Å². The lowest BCUT2D eigenvalue weighted by Crippen LogP contribution is -2.36. The fourth-order valence-corrected chi connectivity index (χ4v) is 2.82. The van der Waals surface area contributed by atoms with E-state index >= 15 is 0 Å². The normalized spacial score (nSPS) is 10.6. The molecule has 2 rings (SSSR count). The van der Waals surface area contributed by atoms with Crippen LogP contribution in [0.1, 0.15) is 30.5 Å². The third kappa shape index (κ3) is 9.46. The number of methoxy groups -OCH3 is 1. The van der Waals surface area contributed by atoms with E-state index in [1.807, 2.05) is 51.1 Å². The van der Waals surface area contributed by atoms with Gasteiger partial charge in [0.15, 0.2) is 12.6 Å². The molecule has 0 heterocycles. The lowest BCUT2D eigenvalue weighted by Gasteiger charge is -2.14. The van der Waals surface area contributed by atoms with E-state index in [-0.39, 0.29) is 36.5 Å². The Bertz CT molecular complexity index is 858. The standard InChI is InChI=1S/C23H32N4O3.HI/c1-5-24-22(28)16-30-20-9-7-8-18(13-20)14-26-23(25-6-2)27-15-19-11-10-17(3)12-21(19)29-4;/h7-13H,5-6,14-16H2,1-4H3,(H,24,28)(H2,25,26,27);1H. The number of nitrogens with one attached hydrogen (secondary N) is 3. The maximum absolute atomic E-state index is 11.6. The first-order valence-corrected chi connectivity index (χ1v) is 10.2. The van der Waals surface area contributed by atoms with E-state index in [2.05, 4.69) is 33.1 Å². The minimum Gasteiger partial charge on any atom is -0.496 e. The van der Waals surface area contributed by atoms with E-state index in [0.29, 0.717) is 31.3 Å². The van der Waals surface area contributed by atoms with Crippen molar-refractivity contribution in [2.24, 2.45) is 4.99 Å². The van der Waals surface area contributed by atoms with Crippen molar-refractivity contribution in [2.75, 3.05) is 26.8 Å². The molecule has 0 unspecified atom stereocenters. The molecule has 0 aliphatic heterocycles. The van der Waals surface area contributed by atoms with Crippen molar-refractivity contribution in [1.29, 1.82) is 0 Å². The van der Waals surface area contributed by atoms with Crippen LogP contribution in [0.25, 0.3) is 0 Å². The Balaban J connectivity index is 0.00000480. The number of carbonyl (C=O) groups excluding carboxylic acids is 1. The Labute approximate surface area is 202 Å². The Morgan fingerprint density at radius 3 is 2.52 bits per heavy atom. The average Bonchev–Trinajstić information content (AvgIpc) is 2.75. The van der Waals surface area contributed by atoms with Crippen LogP contribution in [-0.2, 0) is 17.9 Å². The van der Waals surface area contributed by atoms with Gasteiger partial charge in [-0.3, -0.25) is 4.79 Å². The second-order valence-electron chi connectivity index (χ2n) is 6.75. The summed E-state index contributed by atoms with van der Waals surface area (Å²) in [7, 11) is 1.68. The highest BCUT2D eigenvalue weighted by Crippen LogP contribution is 2.19. The summed E-state index contributed by atoms with van der Waals surface area (Å²) in [5.74, 6) is 2.09. The Morgan fingerprint density at radius 1 is 1.03 bits per heavy atom. The zero-order valence-corrected chi connectivity index (χ0v) is 21.0. The third-order valence-electron chi connectivity index (χ3n) is 4.30. The monoisotopic (exact) mass is 540 g/mol. The summed E-state index contributed by atoms with van der Waals surface area (Å²) in [5, 5.41) is 9.31. The van der Waals surface area contributed by atoms with Gasteiger partial charge in [0.2, 0.25) is 0 Å². The van der Waals surface area contributed by atoms with Crippen molar-refractivity contribution in [3.05, 3.63) is 59.2 Å². The van der Waals surface area contributed by atoms with Crippen LogP contribution in [0.3, 0.4) is 0 Å². The van der Waals surface area contributed by atoms with Gasteiger partial charge in [-0.05, 0) is 50.1 Å². The van der Waals surface area contributed by atoms with Gasteiger partial charge in [0.25, 0.3) is 5.91 Å². The zero-order chi connectivity index (χ0) is 21.8. The van der Waals surface area contributed by atoms with E-state index < -0.39 is 0 Å². The number of halogens is 1. The molecule has 170 valence electrons. The zero-order valence-electron chi connectivity index (χ0n) is 18.7. The first-order valence-electron chi connectivity index (χ1n) is 10.2. The molecule has 0 atom stereocenters. The number of rotatable bonds is 10. The number of aliphatic imine (C=N–C) groups is 1. The second-order valence-corrected chi connectivity index (χ2v) is 6.75. The fraction of sp³-hybridized carbons (Fsp3) is 0.391. The van der Waals surface area contributed by atoms with E-state index in [4.69, 9.17) is 9.47 Å². The van der Waals surface area contributed by atoms with E-state index in [9.17, 15) is 4.79 Å². The maximum Gasteiger partial charge on any atom is 0.257 e. The number of amides is 1. The van der Waals surface area contributed by atoms with E-state index in [1.54, 1.807) is 7.11 Å². The predicted octanol–water partition coefficient (Wildman–Crippen LogP) is 3.39. The van der Waals surface area contributed by atoms with Gasteiger partial charge < -0.3 is 25.4 Å². The molecule has 0 aliphatic carbocycles. The number of carbonyl (C=O) groups is 1. The van der Waals surface area contributed by atoms with Gasteiger partial charge >= 0.3 is 0 Å². The number of aryl methyl sites for hydroxylation is 1. The molecule has 0 fully saturated rings. The Hall–Kier alpha value is -2.49. The molecule has 0 radical (unpaired) electrons. The summed E-state index contributed by atoms with van der Waals surface area (Å²) >= 11 is 0. The summed E-state index contributed by atoms with van der Waals surface area (Å²) in [6, 6.07) is 13.8. The van der Waals surface area contributed by atoms with Gasteiger partial charge in [0.05, 0.1) is 13.7 Å². The molecule has 31 heavy (non-hydrogen) atoms. The Morgan fingerprint density at radius 2 is 1.81 bits per heavy atom. The minimum atomic E-state index is -0.133. The number of hydrogen-bond donors (Lipinski definition) is 3. The Kier molecular flexibility index (Phi) is 12.4. The molecule has 3 N–H and O–H groups in total. The van der Waals surface area contributed by atoms with Crippen LogP contribution in [0.15, 0.2) is 47.5 Å². The number of hydrogen-bond acceptors (Lipinski definition) is 4. The summed E-state index contributed by atoms with van der Waals surface area (Å²) in [6.07, 6.45) is 0. The summed E-state index contributed by atoms with van der Waals surface area (Å²) in [6.45, 7) is 8.38. The molecule has 7 nitrogen and oxygen atoms in total. The highest BCUT2D eigenvalue weighted by atomic mass is 127. The number of likely N-dealkylation sites (N-methyl/N-ethyl adjacent to an activating group) is 1. The number of ether oxygens (including phenoxy) is 2. The van der Waals surface area contributed by atoms with Crippen molar-refractivity contribution in [3.8, 4) is 11.5 Å². The molecule has 2 aromatic rings. The molecule has 2 aromatic carbocycles. The highest BCUT2D eigenvalue weighted by molar-refractivity contribution is 14.0. The van der Waals surface area contributed by atoms with Crippen LogP contribution in [-0.4, -0.2) is 38.7 Å². The molecule has 1 amide bonds. The first kappa shape index (κ1) is 26.5. The van der Waals surface area contributed by atoms with Gasteiger partial charge in [-0.15, -0.1) is 24.0 Å². The molecule has 0 saturated heterocycles. The van der Waals surface area contributed by atoms with Crippen LogP contribution in [0.4, 0.5) is 0 Å². The fourth-order valence-electron chi connectivity index (χ4n) is 2.82. The van der Waals surface area contributed by atoms with Gasteiger partial charge in [0.1, 0.15) is 11.5 Å². The summed E-state index contributed by atoms with van der Waals surface area (Å²) < 4.78 is 11.0. The lowest BCUT2D eigenvalue weighted by molar-refractivity contribution is -0.122. The molecule has 0 aliphatic rings. The SMILES string of the molecule is CCNC(=O)COc1cccc(CN=C(NCC)NCc2ccc(C)cc2OC)c1.I. The van der Waals surface area contributed by atoms with Crippen LogP contribution in [0.2, 0.25) is 0 Å². The van der Waals surface area contributed by atoms with Crippen LogP contribution in [0.5, 0.6) is 11.5 Å². The largest absolute Gasteiger partial charge is 0.496 e. The molecule has 0 aromatic heterocycles. The summed E-state index contributed by atoms with van der Waals surface area (Å²) in [4.78, 5) is 16.2. The van der Waals surface area contributed by atoms with Crippen molar-refractivity contribution in [2.45, 2.75) is 33.9 Å². The van der Waals surface area contributed by atoms with Crippen LogP contribution >= 0.6 is 24.0 Å². The van der Waals surface area contributed by atoms with Crippen molar-refractivity contribution >= 4 is 35.8 Å².